The Balaban J connectivity index is 1.58. The smallest absolute Gasteiger partial charge is 0.178 e. The lowest BCUT2D eigenvalue weighted by Crippen LogP contribution is -2.18. The molecule has 0 aliphatic rings. The molecule has 3 heterocycles. The maximum absolute atomic E-state index is 6.51. The van der Waals surface area contributed by atoms with Crippen LogP contribution in [0.2, 0.25) is 5.15 Å². The Morgan fingerprint density at radius 3 is 2.47 bits per heavy atom. The van der Waals surface area contributed by atoms with Crippen LogP contribution in [0.3, 0.4) is 0 Å². The summed E-state index contributed by atoms with van der Waals surface area (Å²) >= 11 is 6.51. The number of para-hydroxylation sites is 1. The molecule has 0 N–H and O–H groups in total. The van der Waals surface area contributed by atoms with Crippen LogP contribution in [0.1, 0.15) is 16.8 Å². The molecule has 0 spiro atoms. The number of halogens is 1. The van der Waals surface area contributed by atoms with Gasteiger partial charge in [-0.3, -0.25) is 4.98 Å². The molecule has 0 saturated heterocycles. The highest BCUT2D eigenvalue weighted by Gasteiger charge is 2.18. The van der Waals surface area contributed by atoms with Crippen molar-refractivity contribution < 1.29 is 4.74 Å². The van der Waals surface area contributed by atoms with Gasteiger partial charge >= 0.3 is 0 Å². The number of fused-ring (bicyclic) bond motifs is 1. The predicted molar refractivity (Wildman–Crippen MR) is 136 cm³/mol. The minimum Gasteiger partial charge on any atom is -0.497 e. The van der Waals surface area contributed by atoms with Crippen molar-refractivity contribution in [3.05, 3.63) is 113 Å². The topological polar surface area (TPSA) is 55.5 Å². The fourth-order valence-electron chi connectivity index (χ4n) is 3.75. The number of hydrogen-bond donors (Lipinski definition) is 0. The van der Waals surface area contributed by atoms with E-state index in [0.29, 0.717) is 11.7 Å². The van der Waals surface area contributed by atoms with Crippen LogP contribution in [0.15, 0.2) is 91.4 Å². The zero-order valence-electron chi connectivity index (χ0n) is 18.5. The number of anilines is 2. The summed E-state index contributed by atoms with van der Waals surface area (Å²) in [4.78, 5) is 11.0. The Morgan fingerprint density at radius 2 is 1.74 bits per heavy atom. The molecule has 5 rings (SSSR count). The number of imidazole rings is 1. The van der Waals surface area contributed by atoms with Crippen molar-refractivity contribution in [1.29, 1.82) is 0 Å². The van der Waals surface area contributed by atoms with Crippen LogP contribution in [0.4, 0.5) is 11.4 Å². The number of pyridine rings is 1. The standard InChI is InChI=1S/C27H22ClN5O/c1-34-24-11-8-21(9-12-24)19-32(22-5-3-2-4-6-22)25-17-26(28)31-33-23(18-30-27(25)33)10-7-20-13-15-29-16-14-20/h2-18H,19H2,1H3. The summed E-state index contributed by atoms with van der Waals surface area (Å²) in [6.07, 6.45) is 9.30. The third-order valence-corrected chi connectivity index (χ3v) is 5.64. The third kappa shape index (κ3) is 4.63. The molecule has 0 aliphatic heterocycles. The van der Waals surface area contributed by atoms with Crippen molar-refractivity contribution in [2.45, 2.75) is 6.54 Å². The van der Waals surface area contributed by atoms with E-state index in [1.54, 1.807) is 30.2 Å². The highest BCUT2D eigenvalue weighted by atomic mass is 35.5. The molecule has 0 saturated carbocycles. The summed E-state index contributed by atoms with van der Waals surface area (Å²) in [6, 6.07) is 24.0. The first-order valence-electron chi connectivity index (χ1n) is 10.8. The van der Waals surface area contributed by atoms with E-state index in [1.165, 1.54) is 0 Å². The van der Waals surface area contributed by atoms with E-state index in [2.05, 4.69) is 39.2 Å². The first-order valence-corrected chi connectivity index (χ1v) is 11.2. The van der Waals surface area contributed by atoms with Crippen molar-refractivity contribution in [2.75, 3.05) is 12.0 Å². The zero-order valence-corrected chi connectivity index (χ0v) is 19.3. The lowest BCUT2D eigenvalue weighted by atomic mass is 10.1. The van der Waals surface area contributed by atoms with Gasteiger partial charge in [0.15, 0.2) is 10.8 Å². The van der Waals surface area contributed by atoms with Crippen LogP contribution < -0.4 is 9.64 Å². The van der Waals surface area contributed by atoms with Gasteiger partial charge in [-0.15, -0.1) is 0 Å². The van der Waals surface area contributed by atoms with Gasteiger partial charge in [-0.1, -0.05) is 48.0 Å². The summed E-state index contributed by atoms with van der Waals surface area (Å²) in [5, 5.41) is 4.91. The van der Waals surface area contributed by atoms with Crippen LogP contribution in [0, 0.1) is 0 Å². The van der Waals surface area contributed by atoms with E-state index in [4.69, 9.17) is 21.3 Å². The normalized spacial score (nSPS) is 11.2. The summed E-state index contributed by atoms with van der Waals surface area (Å²) in [6.45, 7) is 0.624. The molecular weight excluding hydrogens is 446 g/mol. The van der Waals surface area contributed by atoms with Crippen molar-refractivity contribution in [3.63, 3.8) is 0 Å². The number of rotatable bonds is 7. The minimum absolute atomic E-state index is 0.384. The number of aromatic nitrogens is 4. The van der Waals surface area contributed by atoms with Gasteiger partial charge < -0.3 is 9.64 Å². The van der Waals surface area contributed by atoms with E-state index < -0.39 is 0 Å². The van der Waals surface area contributed by atoms with E-state index in [0.717, 1.165) is 39.6 Å². The summed E-state index contributed by atoms with van der Waals surface area (Å²) in [5.41, 5.74) is 5.60. The molecule has 7 heteroatoms. The Labute approximate surface area is 202 Å². The molecule has 0 amide bonds. The molecule has 0 unspecified atom stereocenters. The van der Waals surface area contributed by atoms with Gasteiger partial charge in [0.25, 0.3) is 0 Å². The zero-order chi connectivity index (χ0) is 23.3. The lowest BCUT2D eigenvalue weighted by Gasteiger charge is -2.25. The minimum atomic E-state index is 0.384. The SMILES string of the molecule is COc1ccc(CN(c2ccccc2)c2cc(Cl)nn3c(C=Cc4ccncc4)cnc23)cc1. The van der Waals surface area contributed by atoms with Crippen LogP contribution in [0.25, 0.3) is 17.8 Å². The first-order chi connectivity index (χ1) is 16.7. The fraction of sp³-hybridized carbons (Fsp3) is 0.0741. The first kappa shape index (κ1) is 21.7. The largest absolute Gasteiger partial charge is 0.497 e. The van der Waals surface area contributed by atoms with E-state index >= 15 is 0 Å². The van der Waals surface area contributed by atoms with E-state index in [9.17, 15) is 0 Å². The molecule has 2 aromatic carbocycles. The van der Waals surface area contributed by atoms with E-state index in [-0.39, 0.29) is 0 Å². The lowest BCUT2D eigenvalue weighted by molar-refractivity contribution is 0.414. The second-order valence-electron chi connectivity index (χ2n) is 7.65. The monoisotopic (exact) mass is 467 g/mol. The van der Waals surface area contributed by atoms with Crippen molar-refractivity contribution in [2.24, 2.45) is 0 Å². The summed E-state index contributed by atoms with van der Waals surface area (Å²) in [7, 11) is 1.67. The van der Waals surface area contributed by atoms with Gasteiger partial charge in [0.1, 0.15) is 5.75 Å². The average Bonchev–Trinajstić information content (AvgIpc) is 3.30. The van der Waals surface area contributed by atoms with Gasteiger partial charge in [0.2, 0.25) is 0 Å². The molecular formula is C27H22ClN5O. The number of hydrogen-bond acceptors (Lipinski definition) is 5. The van der Waals surface area contributed by atoms with Crippen molar-refractivity contribution in [3.8, 4) is 5.75 Å². The molecule has 3 aromatic heterocycles. The Bertz CT molecular complexity index is 1420. The Hall–Kier alpha value is -4.16. The summed E-state index contributed by atoms with van der Waals surface area (Å²) in [5.74, 6) is 0.822. The van der Waals surface area contributed by atoms with Gasteiger partial charge in [-0.05, 0) is 53.6 Å². The third-order valence-electron chi connectivity index (χ3n) is 5.46. The van der Waals surface area contributed by atoms with Gasteiger partial charge in [-0.25, -0.2) is 9.50 Å². The second-order valence-corrected chi connectivity index (χ2v) is 8.04. The molecule has 168 valence electrons. The highest BCUT2D eigenvalue weighted by Crippen LogP contribution is 2.33. The van der Waals surface area contributed by atoms with Crippen LogP contribution in [-0.4, -0.2) is 26.7 Å². The average molecular weight is 468 g/mol. The Morgan fingerprint density at radius 1 is 0.971 bits per heavy atom. The number of benzene rings is 2. The van der Waals surface area contributed by atoms with Crippen LogP contribution in [-0.2, 0) is 6.54 Å². The molecule has 0 atom stereocenters. The van der Waals surface area contributed by atoms with Gasteiger partial charge in [0, 0.05) is 30.7 Å². The molecule has 0 fully saturated rings. The molecule has 5 aromatic rings. The quantitative estimate of drug-likeness (QED) is 0.281. The maximum atomic E-state index is 6.51. The number of methoxy groups -OCH3 is 1. The molecule has 0 radical (unpaired) electrons. The summed E-state index contributed by atoms with van der Waals surface area (Å²) < 4.78 is 7.09. The number of nitrogens with zero attached hydrogens (tertiary/aromatic N) is 5. The van der Waals surface area contributed by atoms with Crippen molar-refractivity contribution in [1.82, 2.24) is 19.6 Å². The van der Waals surface area contributed by atoms with Crippen LogP contribution >= 0.6 is 11.6 Å². The predicted octanol–water partition coefficient (Wildman–Crippen LogP) is 6.30. The highest BCUT2D eigenvalue weighted by molar-refractivity contribution is 6.29. The van der Waals surface area contributed by atoms with Gasteiger partial charge in [-0.2, -0.15) is 5.10 Å². The molecule has 0 bridgehead atoms. The molecule has 0 aliphatic carbocycles. The molecule has 34 heavy (non-hydrogen) atoms. The number of ether oxygens (including phenoxy) is 1. The van der Waals surface area contributed by atoms with Crippen molar-refractivity contribution >= 4 is 40.8 Å². The second kappa shape index (κ2) is 9.77. The Kier molecular flexibility index (Phi) is 6.23. The fourth-order valence-corrected chi connectivity index (χ4v) is 3.92. The molecule has 6 nitrogen and oxygen atoms in total. The van der Waals surface area contributed by atoms with E-state index in [1.807, 2.05) is 60.7 Å². The maximum Gasteiger partial charge on any atom is 0.178 e. The van der Waals surface area contributed by atoms with Gasteiger partial charge in [0.05, 0.1) is 24.7 Å². The van der Waals surface area contributed by atoms with Crippen LogP contribution in [0.5, 0.6) is 5.75 Å².